The molecule has 1 heterocycles. The summed E-state index contributed by atoms with van der Waals surface area (Å²) in [7, 11) is 0. The Kier molecular flexibility index (Phi) is 5.08. The standard InChI is InChI=1S/C15H15F3N2O2/c16-15(17,18)22-13-7-2-1-6-12(13)19-14(21)8-5-11-20-9-3-4-10-20/h1-4,6-7,9-10H,5,8,11H2,(H,19,21). The number of nitrogens with one attached hydrogen (secondary N) is 1. The van der Waals surface area contributed by atoms with E-state index >= 15 is 0 Å². The summed E-state index contributed by atoms with van der Waals surface area (Å²) in [6.07, 6.45) is -0.245. The van der Waals surface area contributed by atoms with E-state index in [1.165, 1.54) is 18.2 Å². The van der Waals surface area contributed by atoms with Gasteiger partial charge >= 0.3 is 6.36 Å². The average Bonchev–Trinajstić information content (AvgIpc) is 2.92. The summed E-state index contributed by atoms with van der Waals surface area (Å²) in [5.74, 6) is -0.779. The Labute approximate surface area is 125 Å². The fraction of sp³-hybridized carbons (Fsp3) is 0.267. The molecule has 0 unspecified atom stereocenters. The molecule has 0 fully saturated rings. The van der Waals surface area contributed by atoms with Gasteiger partial charge in [-0.2, -0.15) is 0 Å². The van der Waals surface area contributed by atoms with Crippen molar-refractivity contribution >= 4 is 11.6 Å². The molecule has 22 heavy (non-hydrogen) atoms. The second-order valence-corrected chi connectivity index (χ2v) is 4.62. The molecule has 0 aliphatic heterocycles. The number of carbonyl (C=O) groups excluding carboxylic acids is 1. The number of amides is 1. The highest BCUT2D eigenvalue weighted by Crippen LogP contribution is 2.29. The molecule has 7 heteroatoms. The number of aryl methyl sites for hydroxylation is 1. The summed E-state index contributed by atoms with van der Waals surface area (Å²) < 4.78 is 42.6. The summed E-state index contributed by atoms with van der Waals surface area (Å²) in [4.78, 5) is 11.8. The number of anilines is 1. The predicted octanol–water partition coefficient (Wildman–Crippen LogP) is 3.81. The highest BCUT2D eigenvalue weighted by atomic mass is 19.4. The van der Waals surface area contributed by atoms with Gasteiger partial charge in [0.25, 0.3) is 0 Å². The minimum atomic E-state index is -4.80. The quantitative estimate of drug-likeness (QED) is 0.881. The molecule has 0 atom stereocenters. The number of hydrogen-bond acceptors (Lipinski definition) is 2. The van der Waals surface area contributed by atoms with Gasteiger partial charge in [0.1, 0.15) is 0 Å². The molecule has 2 rings (SSSR count). The molecule has 1 aromatic heterocycles. The molecule has 0 radical (unpaired) electrons. The molecule has 118 valence electrons. The van der Waals surface area contributed by atoms with E-state index in [1.807, 2.05) is 29.1 Å². The van der Waals surface area contributed by atoms with Crippen LogP contribution in [0.25, 0.3) is 0 Å². The number of hydrogen-bond donors (Lipinski definition) is 1. The molecule has 4 nitrogen and oxygen atoms in total. The van der Waals surface area contributed by atoms with Crippen molar-refractivity contribution in [3.8, 4) is 5.75 Å². The Morgan fingerprint density at radius 1 is 1.14 bits per heavy atom. The molecule has 1 amide bonds. The number of para-hydroxylation sites is 2. The first-order valence-corrected chi connectivity index (χ1v) is 6.69. The van der Waals surface area contributed by atoms with Crippen molar-refractivity contribution in [1.29, 1.82) is 0 Å². The number of benzene rings is 1. The third-order valence-corrected chi connectivity index (χ3v) is 2.87. The van der Waals surface area contributed by atoms with Gasteiger partial charge in [-0.25, -0.2) is 0 Å². The van der Waals surface area contributed by atoms with Crippen LogP contribution in [0, 0.1) is 0 Å². The van der Waals surface area contributed by atoms with E-state index in [1.54, 1.807) is 0 Å². The Bertz CT molecular complexity index is 610. The van der Waals surface area contributed by atoms with Crippen LogP contribution in [0.1, 0.15) is 12.8 Å². The summed E-state index contributed by atoms with van der Waals surface area (Å²) in [6, 6.07) is 9.21. The maximum atomic E-state index is 12.3. The first kappa shape index (κ1) is 15.9. The highest BCUT2D eigenvalue weighted by molar-refractivity contribution is 5.92. The van der Waals surface area contributed by atoms with E-state index in [0.29, 0.717) is 13.0 Å². The minimum absolute atomic E-state index is 0.00536. The number of halogens is 3. The number of aromatic nitrogens is 1. The van der Waals surface area contributed by atoms with Gasteiger partial charge in [0.15, 0.2) is 5.75 Å². The number of nitrogens with zero attached hydrogens (tertiary/aromatic N) is 1. The summed E-state index contributed by atoms with van der Waals surface area (Å²) >= 11 is 0. The number of carbonyl (C=O) groups is 1. The van der Waals surface area contributed by atoms with Gasteiger partial charge in [-0.15, -0.1) is 13.2 Å². The van der Waals surface area contributed by atoms with Crippen LogP contribution in [0.5, 0.6) is 5.75 Å². The van der Waals surface area contributed by atoms with E-state index in [4.69, 9.17) is 0 Å². The van der Waals surface area contributed by atoms with Crippen LogP contribution in [-0.4, -0.2) is 16.8 Å². The fourth-order valence-electron chi connectivity index (χ4n) is 1.94. The van der Waals surface area contributed by atoms with Crippen LogP contribution >= 0.6 is 0 Å². The number of ether oxygens (including phenoxy) is 1. The maximum Gasteiger partial charge on any atom is 0.573 e. The predicted molar refractivity (Wildman–Crippen MR) is 75.4 cm³/mol. The van der Waals surface area contributed by atoms with Gasteiger partial charge in [0.05, 0.1) is 5.69 Å². The monoisotopic (exact) mass is 312 g/mol. The Morgan fingerprint density at radius 3 is 2.50 bits per heavy atom. The van der Waals surface area contributed by atoms with Crippen molar-refractivity contribution in [2.24, 2.45) is 0 Å². The lowest BCUT2D eigenvalue weighted by atomic mass is 10.2. The second kappa shape index (κ2) is 7.02. The smallest absolute Gasteiger partial charge is 0.404 e. The van der Waals surface area contributed by atoms with Gasteiger partial charge in [-0.1, -0.05) is 12.1 Å². The highest BCUT2D eigenvalue weighted by Gasteiger charge is 2.32. The van der Waals surface area contributed by atoms with Gasteiger partial charge in [0.2, 0.25) is 5.91 Å². The summed E-state index contributed by atoms with van der Waals surface area (Å²) in [6.45, 7) is 0.668. The Morgan fingerprint density at radius 2 is 1.82 bits per heavy atom. The van der Waals surface area contributed by atoms with Crippen LogP contribution < -0.4 is 10.1 Å². The first-order chi connectivity index (χ1) is 10.4. The number of rotatable bonds is 6. The summed E-state index contributed by atoms with van der Waals surface area (Å²) in [5, 5.41) is 2.44. The Balaban J connectivity index is 1.88. The van der Waals surface area contributed by atoms with Crippen LogP contribution in [0.2, 0.25) is 0 Å². The van der Waals surface area contributed by atoms with Crippen molar-refractivity contribution in [3.05, 3.63) is 48.8 Å². The van der Waals surface area contributed by atoms with Gasteiger partial charge in [0, 0.05) is 25.4 Å². The number of alkyl halides is 3. The summed E-state index contributed by atoms with van der Waals surface area (Å²) in [5.41, 5.74) is 0.00536. The van der Waals surface area contributed by atoms with Crippen molar-refractivity contribution in [1.82, 2.24) is 4.57 Å². The van der Waals surface area contributed by atoms with Gasteiger partial charge < -0.3 is 14.6 Å². The van der Waals surface area contributed by atoms with Gasteiger partial charge in [-0.3, -0.25) is 4.79 Å². The zero-order valence-corrected chi connectivity index (χ0v) is 11.6. The molecule has 2 aromatic rings. The molecule has 0 spiro atoms. The Hall–Kier alpha value is -2.44. The molecule has 1 aromatic carbocycles. The van der Waals surface area contributed by atoms with Gasteiger partial charge in [-0.05, 0) is 30.7 Å². The topological polar surface area (TPSA) is 43.3 Å². The van der Waals surface area contributed by atoms with E-state index in [-0.39, 0.29) is 18.0 Å². The van der Waals surface area contributed by atoms with E-state index < -0.39 is 12.1 Å². The van der Waals surface area contributed by atoms with Crippen LogP contribution in [0.4, 0.5) is 18.9 Å². The molecule has 0 saturated carbocycles. The molecule has 0 bridgehead atoms. The van der Waals surface area contributed by atoms with E-state index in [0.717, 1.165) is 6.07 Å². The average molecular weight is 312 g/mol. The normalized spacial score (nSPS) is 11.2. The maximum absolute atomic E-state index is 12.3. The van der Waals surface area contributed by atoms with Crippen molar-refractivity contribution < 1.29 is 22.7 Å². The molecule has 0 aliphatic carbocycles. The van der Waals surface area contributed by atoms with Crippen LogP contribution in [0.3, 0.4) is 0 Å². The largest absolute Gasteiger partial charge is 0.573 e. The van der Waals surface area contributed by atoms with E-state index in [9.17, 15) is 18.0 Å². The first-order valence-electron chi connectivity index (χ1n) is 6.69. The van der Waals surface area contributed by atoms with E-state index in [2.05, 4.69) is 10.1 Å². The third-order valence-electron chi connectivity index (χ3n) is 2.87. The molecular weight excluding hydrogens is 297 g/mol. The van der Waals surface area contributed by atoms with Crippen molar-refractivity contribution in [2.75, 3.05) is 5.32 Å². The van der Waals surface area contributed by atoms with Crippen molar-refractivity contribution in [3.63, 3.8) is 0 Å². The fourth-order valence-corrected chi connectivity index (χ4v) is 1.94. The van der Waals surface area contributed by atoms with Crippen molar-refractivity contribution in [2.45, 2.75) is 25.7 Å². The lowest BCUT2D eigenvalue weighted by Crippen LogP contribution is -2.19. The second-order valence-electron chi connectivity index (χ2n) is 4.62. The molecule has 1 N–H and O–H groups in total. The zero-order chi connectivity index (χ0) is 16.0. The molecule has 0 aliphatic rings. The minimum Gasteiger partial charge on any atom is -0.404 e. The molecule has 0 saturated heterocycles. The van der Waals surface area contributed by atoms with Crippen LogP contribution in [0.15, 0.2) is 48.8 Å². The molecular formula is C15H15F3N2O2. The SMILES string of the molecule is O=C(CCCn1cccc1)Nc1ccccc1OC(F)(F)F. The zero-order valence-electron chi connectivity index (χ0n) is 11.6. The lowest BCUT2D eigenvalue weighted by molar-refractivity contribution is -0.274. The third kappa shape index (κ3) is 5.16. The van der Waals surface area contributed by atoms with Crippen LogP contribution in [-0.2, 0) is 11.3 Å². The lowest BCUT2D eigenvalue weighted by Gasteiger charge is -2.13.